The number of nitrogens with zero attached hydrogens (tertiary/aromatic N) is 2. The molecule has 0 aliphatic rings. The van der Waals surface area contributed by atoms with Gasteiger partial charge in [-0.1, -0.05) is 38.4 Å². The number of benzene rings is 1. The Hall–Kier alpha value is -1.39. The zero-order valence-electron chi connectivity index (χ0n) is 13.2. The van der Waals surface area contributed by atoms with Crippen molar-refractivity contribution in [3.63, 3.8) is 0 Å². The third-order valence-corrected chi connectivity index (χ3v) is 3.87. The Morgan fingerprint density at radius 1 is 1.38 bits per heavy atom. The predicted molar refractivity (Wildman–Crippen MR) is 87.1 cm³/mol. The van der Waals surface area contributed by atoms with E-state index in [-0.39, 0.29) is 11.2 Å². The van der Waals surface area contributed by atoms with E-state index in [0.717, 1.165) is 16.6 Å². The topological polar surface area (TPSA) is 46.9 Å². The molecule has 0 unspecified atom stereocenters. The van der Waals surface area contributed by atoms with Gasteiger partial charge in [0.2, 0.25) is 0 Å². The Morgan fingerprint density at radius 3 is 2.62 bits per heavy atom. The molecular formula is C16H22ClN3O. The summed E-state index contributed by atoms with van der Waals surface area (Å²) in [7, 11) is 3.67. The van der Waals surface area contributed by atoms with Crippen LogP contribution in [0.5, 0.6) is 0 Å². The van der Waals surface area contributed by atoms with Crippen LogP contribution < -0.4 is 5.32 Å². The molecule has 0 radical (unpaired) electrons. The van der Waals surface area contributed by atoms with Crippen molar-refractivity contribution < 1.29 is 4.79 Å². The highest BCUT2D eigenvalue weighted by Gasteiger charge is 2.23. The maximum Gasteiger partial charge on any atom is 0.152 e. The summed E-state index contributed by atoms with van der Waals surface area (Å²) < 4.78 is 1.84. The molecule has 0 spiro atoms. The molecule has 0 aliphatic carbocycles. The first-order chi connectivity index (χ1) is 9.75. The van der Waals surface area contributed by atoms with Crippen molar-refractivity contribution in [2.24, 2.45) is 7.05 Å². The Bertz CT molecular complexity index is 683. The molecule has 0 atom stereocenters. The fourth-order valence-corrected chi connectivity index (χ4v) is 2.90. The normalized spacial score (nSPS) is 12.1. The zero-order chi connectivity index (χ0) is 15.8. The number of likely N-dealkylation sites (N-methyl/N-ethyl adjacent to an activating group) is 1. The number of Topliss-reactive ketones (excluding diaryl/α,β-unsaturated/α-hetero) is 1. The molecule has 114 valence electrons. The molecule has 0 aliphatic heterocycles. The standard InChI is InChI=1S/C16H22ClN3O/c1-16(2,3)11-6-7-12(17)14-13(8-10(21)9-18-4)19-20(5)15(11)14/h6-7,18H,8-9H2,1-5H3. The molecule has 0 amide bonds. The van der Waals surface area contributed by atoms with E-state index in [1.807, 2.05) is 23.9 Å². The quantitative estimate of drug-likeness (QED) is 0.945. The minimum Gasteiger partial charge on any atom is -0.313 e. The second-order valence-electron chi connectivity index (χ2n) is 6.38. The number of ketones is 1. The van der Waals surface area contributed by atoms with Gasteiger partial charge in [0.1, 0.15) is 0 Å². The van der Waals surface area contributed by atoms with Crippen LogP contribution in [0.3, 0.4) is 0 Å². The fourth-order valence-electron chi connectivity index (χ4n) is 2.63. The summed E-state index contributed by atoms with van der Waals surface area (Å²) in [4.78, 5) is 11.9. The van der Waals surface area contributed by atoms with Crippen LogP contribution in [0.25, 0.3) is 10.9 Å². The number of nitrogens with one attached hydrogen (secondary N) is 1. The van der Waals surface area contributed by atoms with E-state index >= 15 is 0 Å². The summed E-state index contributed by atoms with van der Waals surface area (Å²) in [6.45, 7) is 6.83. The molecular weight excluding hydrogens is 286 g/mol. The summed E-state index contributed by atoms with van der Waals surface area (Å²) in [6, 6.07) is 3.95. The average Bonchev–Trinajstić information content (AvgIpc) is 2.66. The second kappa shape index (κ2) is 5.78. The predicted octanol–water partition coefficient (Wildman–Crippen LogP) is 2.86. The third kappa shape index (κ3) is 3.11. The van der Waals surface area contributed by atoms with Crippen molar-refractivity contribution in [2.45, 2.75) is 32.6 Å². The SMILES string of the molecule is CNCC(=O)Cc1nn(C)c2c(C(C)(C)C)ccc(Cl)c12. The van der Waals surface area contributed by atoms with E-state index in [1.54, 1.807) is 7.05 Å². The molecule has 0 saturated heterocycles. The summed E-state index contributed by atoms with van der Waals surface area (Å²) in [5, 5.41) is 8.96. The van der Waals surface area contributed by atoms with Gasteiger partial charge in [0.25, 0.3) is 0 Å². The van der Waals surface area contributed by atoms with Crippen molar-refractivity contribution in [3.05, 3.63) is 28.4 Å². The molecule has 5 heteroatoms. The van der Waals surface area contributed by atoms with Crippen LogP contribution in [0.4, 0.5) is 0 Å². The van der Waals surface area contributed by atoms with Crippen LogP contribution in [0.1, 0.15) is 32.0 Å². The summed E-state index contributed by atoms with van der Waals surface area (Å²) >= 11 is 6.38. The van der Waals surface area contributed by atoms with Gasteiger partial charge in [-0.15, -0.1) is 0 Å². The van der Waals surface area contributed by atoms with E-state index in [0.29, 0.717) is 18.0 Å². The van der Waals surface area contributed by atoms with Gasteiger partial charge in [0.15, 0.2) is 5.78 Å². The maximum atomic E-state index is 11.9. The minimum absolute atomic E-state index is 0.0110. The van der Waals surface area contributed by atoms with Gasteiger partial charge in [0.05, 0.1) is 29.2 Å². The summed E-state index contributed by atoms with van der Waals surface area (Å²) in [5.74, 6) is 0.106. The molecule has 1 aromatic carbocycles. The van der Waals surface area contributed by atoms with Crippen LogP contribution in [0, 0.1) is 0 Å². The van der Waals surface area contributed by atoms with Gasteiger partial charge < -0.3 is 5.32 Å². The maximum absolute atomic E-state index is 11.9. The number of hydrogen-bond acceptors (Lipinski definition) is 3. The van der Waals surface area contributed by atoms with Crippen molar-refractivity contribution in [1.29, 1.82) is 0 Å². The van der Waals surface area contributed by atoms with Crippen LogP contribution >= 0.6 is 11.6 Å². The number of aryl methyl sites for hydroxylation is 1. The van der Waals surface area contributed by atoms with Gasteiger partial charge in [0, 0.05) is 12.4 Å². The van der Waals surface area contributed by atoms with E-state index in [4.69, 9.17) is 11.6 Å². The first kappa shape index (κ1) is 16.0. The lowest BCUT2D eigenvalue weighted by molar-refractivity contribution is -0.117. The number of fused-ring (bicyclic) bond motifs is 1. The lowest BCUT2D eigenvalue weighted by atomic mass is 9.85. The Balaban J connectivity index is 2.63. The van der Waals surface area contributed by atoms with Gasteiger partial charge >= 0.3 is 0 Å². The number of aromatic nitrogens is 2. The summed E-state index contributed by atoms with van der Waals surface area (Å²) in [5.41, 5.74) is 2.94. The Morgan fingerprint density at radius 2 is 2.05 bits per heavy atom. The molecule has 2 aromatic rings. The number of halogens is 1. The van der Waals surface area contributed by atoms with Crippen LogP contribution in [0.2, 0.25) is 5.02 Å². The number of rotatable bonds is 4. The number of carbonyl (C=O) groups is 1. The van der Waals surface area contributed by atoms with Crippen molar-refractivity contribution >= 4 is 28.3 Å². The lowest BCUT2D eigenvalue weighted by Crippen LogP contribution is -2.20. The molecule has 0 bridgehead atoms. The number of carbonyl (C=O) groups excluding carboxylic acids is 1. The highest BCUT2D eigenvalue weighted by atomic mass is 35.5. The lowest BCUT2D eigenvalue weighted by Gasteiger charge is -2.21. The average molecular weight is 308 g/mol. The molecule has 0 saturated carbocycles. The van der Waals surface area contributed by atoms with Crippen molar-refractivity contribution in [1.82, 2.24) is 15.1 Å². The van der Waals surface area contributed by atoms with Crippen LogP contribution in [-0.4, -0.2) is 29.2 Å². The molecule has 1 aromatic heterocycles. The molecule has 1 N–H and O–H groups in total. The number of hydrogen-bond donors (Lipinski definition) is 1. The van der Waals surface area contributed by atoms with Crippen LogP contribution in [-0.2, 0) is 23.7 Å². The highest BCUT2D eigenvalue weighted by Crippen LogP contribution is 2.35. The smallest absolute Gasteiger partial charge is 0.152 e. The molecule has 4 nitrogen and oxygen atoms in total. The first-order valence-corrected chi connectivity index (χ1v) is 7.44. The Labute approximate surface area is 130 Å². The van der Waals surface area contributed by atoms with E-state index in [9.17, 15) is 4.79 Å². The molecule has 2 rings (SSSR count). The molecule has 21 heavy (non-hydrogen) atoms. The van der Waals surface area contributed by atoms with E-state index < -0.39 is 0 Å². The van der Waals surface area contributed by atoms with Gasteiger partial charge in [-0.05, 0) is 24.1 Å². The highest BCUT2D eigenvalue weighted by molar-refractivity contribution is 6.35. The zero-order valence-corrected chi connectivity index (χ0v) is 14.0. The second-order valence-corrected chi connectivity index (χ2v) is 6.79. The minimum atomic E-state index is -0.0110. The molecule has 1 heterocycles. The largest absolute Gasteiger partial charge is 0.313 e. The van der Waals surface area contributed by atoms with E-state index in [2.05, 4.69) is 31.2 Å². The fraction of sp³-hybridized carbons (Fsp3) is 0.500. The van der Waals surface area contributed by atoms with Crippen molar-refractivity contribution in [2.75, 3.05) is 13.6 Å². The van der Waals surface area contributed by atoms with E-state index in [1.165, 1.54) is 5.56 Å². The first-order valence-electron chi connectivity index (χ1n) is 7.06. The van der Waals surface area contributed by atoms with Crippen molar-refractivity contribution in [3.8, 4) is 0 Å². The van der Waals surface area contributed by atoms with Gasteiger partial charge in [-0.2, -0.15) is 5.10 Å². The summed E-state index contributed by atoms with van der Waals surface area (Å²) in [6.07, 6.45) is 0.297. The van der Waals surface area contributed by atoms with Crippen LogP contribution in [0.15, 0.2) is 12.1 Å². The van der Waals surface area contributed by atoms with Gasteiger partial charge in [-0.3, -0.25) is 9.48 Å². The third-order valence-electron chi connectivity index (χ3n) is 3.56. The Kier molecular flexibility index (Phi) is 4.40. The monoisotopic (exact) mass is 307 g/mol. The van der Waals surface area contributed by atoms with Gasteiger partial charge in [-0.25, -0.2) is 0 Å². The molecule has 0 fully saturated rings.